The largest absolute Gasteiger partial charge is 0.348 e. The molecule has 6 heteroatoms. The zero-order valence-corrected chi connectivity index (χ0v) is 16.9. The van der Waals surface area contributed by atoms with Crippen molar-refractivity contribution < 1.29 is 9.18 Å². The molecule has 0 bridgehead atoms. The van der Waals surface area contributed by atoms with Crippen molar-refractivity contribution in [2.75, 3.05) is 13.6 Å². The Bertz CT molecular complexity index is 664. The standard InChI is InChI=1S/C20H29ClFN3O/c1-6-14(4)17(21)23-18-16(7-2)24(5)19(26)20(22,8-3)13-25(18)15-11-9-10-12-15/h7-8,15H,3,6,9-13H2,1-2,4-5H3/b16-7+,17-14?,23-18+/t20-/m1/s1. The summed E-state index contributed by atoms with van der Waals surface area (Å²) < 4.78 is 15.5. The van der Waals surface area contributed by atoms with E-state index in [4.69, 9.17) is 11.6 Å². The minimum absolute atomic E-state index is 0.0874. The van der Waals surface area contributed by atoms with E-state index in [0.29, 0.717) is 16.7 Å². The van der Waals surface area contributed by atoms with Gasteiger partial charge in [-0.25, -0.2) is 9.38 Å². The summed E-state index contributed by atoms with van der Waals surface area (Å²) in [7, 11) is 1.58. The smallest absolute Gasteiger partial charge is 0.270 e. The van der Waals surface area contributed by atoms with Gasteiger partial charge in [-0.15, -0.1) is 0 Å². The highest BCUT2D eigenvalue weighted by Crippen LogP contribution is 2.33. The molecule has 26 heavy (non-hydrogen) atoms. The molecule has 0 radical (unpaired) electrons. The molecule has 0 spiro atoms. The number of nitrogens with zero attached hydrogens (tertiary/aromatic N) is 3. The quantitative estimate of drug-likeness (QED) is 0.519. The molecular weight excluding hydrogens is 353 g/mol. The third-order valence-electron chi connectivity index (χ3n) is 5.37. The van der Waals surface area contributed by atoms with E-state index in [1.807, 2.05) is 25.7 Å². The van der Waals surface area contributed by atoms with Crippen LogP contribution in [-0.4, -0.2) is 46.8 Å². The average Bonchev–Trinajstić information content (AvgIpc) is 3.16. The van der Waals surface area contributed by atoms with Crippen molar-refractivity contribution in [3.8, 4) is 0 Å². The summed E-state index contributed by atoms with van der Waals surface area (Å²) in [5.74, 6) is -0.0597. The molecule has 0 unspecified atom stereocenters. The summed E-state index contributed by atoms with van der Waals surface area (Å²) in [6.07, 6.45) is 7.77. The van der Waals surface area contributed by atoms with Crippen LogP contribution in [0, 0.1) is 0 Å². The van der Waals surface area contributed by atoms with Crippen LogP contribution in [0.4, 0.5) is 4.39 Å². The first-order valence-corrected chi connectivity index (χ1v) is 9.64. The van der Waals surface area contributed by atoms with E-state index in [2.05, 4.69) is 11.6 Å². The number of hydrogen-bond donors (Lipinski definition) is 0. The summed E-state index contributed by atoms with van der Waals surface area (Å²) in [4.78, 5) is 20.7. The first-order chi connectivity index (χ1) is 12.3. The first kappa shape index (κ1) is 20.7. The van der Waals surface area contributed by atoms with Gasteiger partial charge in [0.2, 0.25) is 5.67 Å². The number of amides is 1. The van der Waals surface area contributed by atoms with Crippen molar-refractivity contribution in [1.29, 1.82) is 0 Å². The van der Waals surface area contributed by atoms with Crippen molar-refractivity contribution in [3.05, 3.63) is 35.2 Å². The molecule has 1 heterocycles. The minimum atomic E-state index is -2.15. The van der Waals surface area contributed by atoms with Crippen LogP contribution in [0.5, 0.6) is 0 Å². The van der Waals surface area contributed by atoms with Gasteiger partial charge in [-0.3, -0.25) is 4.79 Å². The van der Waals surface area contributed by atoms with Crippen LogP contribution in [0.1, 0.15) is 52.9 Å². The predicted molar refractivity (Wildman–Crippen MR) is 106 cm³/mol. The van der Waals surface area contributed by atoms with Gasteiger partial charge in [0, 0.05) is 13.1 Å². The zero-order valence-electron chi connectivity index (χ0n) is 16.2. The minimum Gasteiger partial charge on any atom is -0.348 e. The van der Waals surface area contributed by atoms with Crippen LogP contribution in [-0.2, 0) is 4.79 Å². The third kappa shape index (κ3) is 3.88. The molecule has 0 aromatic rings. The van der Waals surface area contributed by atoms with Crippen molar-refractivity contribution in [3.63, 3.8) is 0 Å². The van der Waals surface area contributed by atoms with E-state index in [0.717, 1.165) is 43.8 Å². The van der Waals surface area contributed by atoms with E-state index in [1.54, 1.807) is 13.1 Å². The van der Waals surface area contributed by atoms with Crippen LogP contribution in [0.15, 0.2) is 40.1 Å². The van der Waals surface area contributed by atoms with Gasteiger partial charge in [0.25, 0.3) is 5.91 Å². The predicted octanol–water partition coefficient (Wildman–Crippen LogP) is 4.78. The van der Waals surface area contributed by atoms with Gasteiger partial charge in [-0.2, -0.15) is 0 Å². The third-order valence-corrected chi connectivity index (χ3v) is 5.78. The fraction of sp³-hybridized carbons (Fsp3) is 0.600. The van der Waals surface area contributed by atoms with Crippen LogP contribution < -0.4 is 0 Å². The van der Waals surface area contributed by atoms with E-state index < -0.39 is 11.6 Å². The first-order valence-electron chi connectivity index (χ1n) is 9.27. The highest BCUT2D eigenvalue weighted by atomic mass is 35.5. The summed E-state index contributed by atoms with van der Waals surface area (Å²) in [6.45, 7) is 9.25. The number of carbonyl (C=O) groups is 1. The van der Waals surface area contributed by atoms with Crippen LogP contribution in [0.3, 0.4) is 0 Å². The van der Waals surface area contributed by atoms with Crippen LogP contribution in [0.2, 0.25) is 0 Å². The summed E-state index contributed by atoms with van der Waals surface area (Å²) in [6, 6.07) is 0.143. The molecule has 2 rings (SSSR count). The monoisotopic (exact) mass is 381 g/mol. The number of carbonyl (C=O) groups excluding carboxylic acids is 1. The molecular formula is C20H29ClFN3O. The molecule has 1 saturated heterocycles. The number of halogens is 2. The van der Waals surface area contributed by atoms with Gasteiger partial charge < -0.3 is 9.80 Å². The van der Waals surface area contributed by atoms with Crippen molar-refractivity contribution in [2.24, 2.45) is 4.99 Å². The molecule has 1 aliphatic carbocycles. The number of amidine groups is 1. The average molecular weight is 382 g/mol. The van der Waals surface area contributed by atoms with Crippen LogP contribution >= 0.6 is 11.6 Å². The second-order valence-corrected chi connectivity index (χ2v) is 7.39. The van der Waals surface area contributed by atoms with Crippen molar-refractivity contribution >= 4 is 23.3 Å². The Labute approximate surface area is 161 Å². The van der Waals surface area contributed by atoms with Crippen molar-refractivity contribution in [1.82, 2.24) is 9.80 Å². The molecule has 0 aromatic heterocycles. The Kier molecular flexibility index (Phi) is 6.67. The zero-order chi connectivity index (χ0) is 19.5. The maximum Gasteiger partial charge on any atom is 0.270 e. The van der Waals surface area contributed by atoms with Crippen LogP contribution in [0.25, 0.3) is 0 Å². The molecule has 0 N–H and O–H groups in total. The van der Waals surface area contributed by atoms with Gasteiger partial charge in [0.1, 0.15) is 5.16 Å². The maximum absolute atomic E-state index is 15.5. The van der Waals surface area contributed by atoms with E-state index in [1.165, 1.54) is 4.90 Å². The second-order valence-electron chi connectivity index (χ2n) is 7.03. The molecule has 4 nitrogen and oxygen atoms in total. The highest BCUT2D eigenvalue weighted by Gasteiger charge is 2.47. The fourth-order valence-electron chi connectivity index (χ4n) is 3.52. The summed E-state index contributed by atoms with van der Waals surface area (Å²) >= 11 is 6.42. The van der Waals surface area contributed by atoms with Gasteiger partial charge >= 0.3 is 0 Å². The summed E-state index contributed by atoms with van der Waals surface area (Å²) in [5, 5.41) is 0.399. The molecule has 1 saturated carbocycles. The fourth-order valence-corrected chi connectivity index (χ4v) is 3.74. The topological polar surface area (TPSA) is 35.9 Å². The van der Waals surface area contributed by atoms with Gasteiger partial charge in [-0.05, 0) is 44.8 Å². The van der Waals surface area contributed by atoms with Gasteiger partial charge in [0.05, 0.1) is 12.2 Å². The second kappa shape index (κ2) is 8.38. The molecule has 1 aliphatic heterocycles. The Hall–Kier alpha value is -1.62. The number of likely N-dealkylation sites (N-methyl/N-ethyl adjacent to an activating group) is 1. The molecule has 1 atom stereocenters. The van der Waals surface area contributed by atoms with E-state index in [9.17, 15) is 4.79 Å². The molecule has 1 amide bonds. The van der Waals surface area contributed by atoms with Crippen molar-refractivity contribution in [2.45, 2.75) is 64.6 Å². The SMILES string of the molecule is C=C[C@@]1(F)CN(C2CCCC2)C(=N/C(Cl)=C(C)CC)/C(=C\C)N(C)C1=O. The number of hydrogen-bond acceptors (Lipinski definition) is 2. The molecule has 2 aliphatic rings. The molecule has 144 valence electrons. The Morgan fingerprint density at radius 2 is 2.08 bits per heavy atom. The molecule has 2 fully saturated rings. The summed E-state index contributed by atoms with van der Waals surface area (Å²) in [5.41, 5.74) is -0.626. The molecule has 0 aromatic carbocycles. The Morgan fingerprint density at radius 3 is 2.58 bits per heavy atom. The van der Waals surface area contributed by atoms with E-state index in [-0.39, 0.29) is 12.6 Å². The van der Waals surface area contributed by atoms with E-state index >= 15 is 4.39 Å². The number of aliphatic imine (C=N–C) groups is 1. The van der Waals surface area contributed by atoms with Gasteiger partial charge in [-0.1, -0.05) is 44.0 Å². The maximum atomic E-state index is 15.5. The normalized spacial score (nSPS) is 29.4. The highest BCUT2D eigenvalue weighted by molar-refractivity contribution is 6.30. The lowest BCUT2D eigenvalue weighted by atomic mass is 10.0. The number of alkyl halides is 1. The Morgan fingerprint density at radius 1 is 1.46 bits per heavy atom. The number of allylic oxidation sites excluding steroid dienone is 2. The Balaban J connectivity index is 2.66. The lowest BCUT2D eigenvalue weighted by Crippen LogP contribution is -2.48. The lowest BCUT2D eigenvalue weighted by Gasteiger charge is -2.33. The van der Waals surface area contributed by atoms with Gasteiger partial charge in [0.15, 0.2) is 5.84 Å². The lowest BCUT2D eigenvalue weighted by molar-refractivity contribution is -0.137. The number of rotatable bonds is 4.